The van der Waals surface area contributed by atoms with Crippen LogP contribution in [0.25, 0.3) is 0 Å². The van der Waals surface area contributed by atoms with Gasteiger partial charge in [0, 0.05) is 26.2 Å². The first kappa shape index (κ1) is 18.8. The third-order valence-electron chi connectivity index (χ3n) is 4.15. The Bertz CT molecular complexity index is 856. The van der Waals surface area contributed by atoms with Crippen LogP contribution in [0.3, 0.4) is 0 Å². The molecule has 1 aliphatic rings. The first-order chi connectivity index (χ1) is 12.9. The quantitative estimate of drug-likeness (QED) is 0.577. The van der Waals surface area contributed by atoms with Gasteiger partial charge in [-0.1, -0.05) is 23.7 Å². The number of hydrogen-bond acceptors (Lipinski definition) is 8. The summed E-state index contributed by atoms with van der Waals surface area (Å²) in [7, 11) is 0. The Morgan fingerprint density at radius 2 is 2.00 bits per heavy atom. The molecule has 1 aromatic carbocycles. The number of anilines is 3. The molecule has 10 nitrogen and oxygen atoms in total. The van der Waals surface area contributed by atoms with E-state index in [2.05, 4.69) is 15.3 Å². The van der Waals surface area contributed by atoms with Crippen LogP contribution in [0.15, 0.2) is 30.5 Å². The zero-order valence-electron chi connectivity index (χ0n) is 14.3. The standard InChI is InChI=1S/C16H18ClN7O3/c17-11-3-1-2-4-12(11)20-14(25)10-22-5-7-23(8-6-22)16-19-9-13(24(26)27)15(18)21-16/h1-4,9H,5-8,10H2,(H,20,25)(H2,18,19,21). The van der Waals surface area contributed by atoms with Gasteiger partial charge >= 0.3 is 5.69 Å². The smallest absolute Gasteiger partial charge is 0.329 e. The summed E-state index contributed by atoms with van der Waals surface area (Å²) in [6.07, 6.45) is 1.11. The van der Waals surface area contributed by atoms with E-state index in [1.165, 1.54) is 0 Å². The van der Waals surface area contributed by atoms with Gasteiger partial charge in [-0.15, -0.1) is 0 Å². The molecule has 142 valence electrons. The van der Waals surface area contributed by atoms with E-state index in [1.807, 2.05) is 9.80 Å². The van der Waals surface area contributed by atoms with E-state index < -0.39 is 4.92 Å². The molecule has 0 radical (unpaired) electrons. The van der Waals surface area contributed by atoms with Gasteiger partial charge in [0.2, 0.25) is 17.7 Å². The first-order valence-corrected chi connectivity index (χ1v) is 8.60. The predicted molar refractivity (Wildman–Crippen MR) is 102 cm³/mol. The van der Waals surface area contributed by atoms with Gasteiger partial charge in [-0.3, -0.25) is 19.8 Å². The maximum atomic E-state index is 12.2. The van der Waals surface area contributed by atoms with Crippen molar-refractivity contribution in [3.63, 3.8) is 0 Å². The summed E-state index contributed by atoms with van der Waals surface area (Å²) in [5.41, 5.74) is 5.88. The molecule has 2 heterocycles. The molecule has 0 atom stereocenters. The van der Waals surface area contributed by atoms with Crippen molar-refractivity contribution >= 4 is 40.6 Å². The van der Waals surface area contributed by atoms with Crippen molar-refractivity contribution in [2.24, 2.45) is 0 Å². The molecular formula is C16H18ClN7O3. The molecule has 3 N–H and O–H groups in total. The number of halogens is 1. The topological polar surface area (TPSA) is 131 Å². The summed E-state index contributed by atoms with van der Waals surface area (Å²) in [6, 6.07) is 7.06. The molecule has 1 aromatic heterocycles. The number of nitrogens with two attached hydrogens (primary N) is 1. The highest BCUT2D eigenvalue weighted by Crippen LogP contribution is 2.22. The monoisotopic (exact) mass is 391 g/mol. The van der Waals surface area contributed by atoms with Crippen LogP contribution < -0.4 is 16.0 Å². The number of piperazine rings is 1. The zero-order valence-corrected chi connectivity index (χ0v) is 15.1. The van der Waals surface area contributed by atoms with Crippen LogP contribution in [0.1, 0.15) is 0 Å². The average Bonchev–Trinajstić information content (AvgIpc) is 2.64. The Morgan fingerprint density at radius 1 is 1.30 bits per heavy atom. The second-order valence-corrected chi connectivity index (χ2v) is 6.40. The van der Waals surface area contributed by atoms with Crippen LogP contribution in [-0.4, -0.2) is 58.4 Å². The Morgan fingerprint density at radius 3 is 2.63 bits per heavy atom. The van der Waals surface area contributed by atoms with E-state index >= 15 is 0 Å². The summed E-state index contributed by atoms with van der Waals surface area (Å²) < 4.78 is 0. The normalized spacial score (nSPS) is 14.8. The number of nitrogens with zero attached hydrogens (tertiary/aromatic N) is 5. The largest absolute Gasteiger partial charge is 0.378 e. The van der Waals surface area contributed by atoms with Crippen molar-refractivity contribution in [3.8, 4) is 0 Å². The van der Waals surface area contributed by atoms with Crippen molar-refractivity contribution in [1.82, 2.24) is 14.9 Å². The minimum Gasteiger partial charge on any atom is -0.378 e. The van der Waals surface area contributed by atoms with Gasteiger partial charge in [-0.25, -0.2) is 4.98 Å². The first-order valence-electron chi connectivity index (χ1n) is 8.22. The van der Waals surface area contributed by atoms with Crippen LogP contribution >= 0.6 is 11.6 Å². The maximum absolute atomic E-state index is 12.2. The lowest BCUT2D eigenvalue weighted by molar-refractivity contribution is -0.384. The number of hydrogen-bond donors (Lipinski definition) is 2. The molecule has 3 rings (SSSR count). The van der Waals surface area contributed by atoms with Gasteiger partial charge in [0.25, 0.3) is 0 Å². The fourth-order valence-electron chi connectivity index (χ4n) is 2.73. The summed E-state index contributed by atoms with van der Waals surface area (Å²) in [5, 5.41) is 14.1. The molecule has 27 heavy (non-hydrogen) atoms. The predicted octanol–water partition coefficient (Wildman–Crippen LogP) is 1.38. The Labute approximate surface area is 160 Å². The number of amides is 1. The van der Waals surface area contributed by atoms with Gasteiger partial charge in [0.05, 0.1) is 22.2 Å². The second-order valence-electron chi connectivity index (χ2n) is 5.99. The van der Waals surface area contributed by atoms with Crippen molar-refractivity contribution in [2.75, 3.05) is 48.7 Å². The van der Waals surface area contributed by atoms with Crippen LogP contribution in [0, 0.1) is 10.1 Å². The van der Waals surface area contributed by atoms with Gasteiger partial charge in [0.1, 0.15) is 6.20 Å². The highest BCUT2D eigenvalue weighted by molar-refractivity contribution is 6.33. The zero-order chi connectivity index (χ0) is 19.4. The molecule has 0 aliphatic carbocycles. The fourth-order valence-corrected chi connectivity index (χ4v) is 2.92. The van der Waals surface area contributed by atoms with Crippen LogP contribution in [0.5, 0.6) is 0 Å². The summed E-state index contributed by atoms with van der Waals surface area (Å²) in [6.45, 7) is 2.64. The van der Waals surface area contributed by atoms with Crippen LogP contribution in [-0.2, 0) is 4.79 Å². The molecule has 1 amide bonds. The number of benzene rings is 1. The summed E-state index contributed by atoms with van der Waals surface area (Å²) in [5.74, 6) is 0.0391. The number of aromatic nitrogens is 2. The highest BCUT2D eigenvalue weighted by atomic mass is 35.5. The summed E-state index contributed by atoms with van der Waals surface area (Å²) >= 11 is 6.04. The third-order valence-corrected chi connectivity index (χ3v) is 4.48. The number of para-hydroxylation sites is 1. The minimum absolute atomic E-state index is 0.146. The van der Waals surface area contributed by atoms with E-state index in [0.717, 1.165) is 6.20 Å². The molecule has 0 unspecified atom stereocenters. The van der Waals surface area contributed by atoms with Crippen molar-refractivity contribution in [3.05, 3.63) is 45.6 Å². The Hall–Kier alpha value is -2.98. The average molecular weight is 392 g/mol. The molecule has 0 bridgehead atoms. The molecule has 1 aliphatic heterocycles. The summed E-state index contributed by atoms with van der Waals surface area (Å²) in [4.78, 5) is 34.3. The van der Waals surface area contributed by atoms with E-state index in [1.54, 1.807) is 24.3 Å². The number of nitrogens with one attached hydrogen (secondary N) is 1. The highest BCUT2D eigenvalue weighted by Gasteiger charge is 2.23. The second kappa shape index (κ2) is 8.14. The fraction of sp³-hybridized carbons (Fsp3) is 0.312. The van der Waals surface area contributed by atoms with E-state index in [0.29, 0.717) is 42.8 Å². The number of rotatable bonds is 5. The van der Waals surface area contributed by atoms with E-state index in [-0.39, 0.29) is 24.0 Å². The lowest BCUT2D eigenvalue weighted by Crippen LogP contribution is -2.49. The maximum Gasteiger partial charge on any atom is 0.329 e. The van der Waals surface area contributed by atoms with E-state index in [9.17, 15) is 14.9 Å². The Balaban J connectivity index is 1.53. The van der Waals surface area contributed by atoms with Gasteiger partial charge in [0.15, 0.2) is 0 Å². The van der Waals surface area contributed by atoms with E-state index in [4.69, 9.17) is 17.3 Å². The number of nitro groups is 1. The molecule has 11 heteroatoms. The molecule has 0 spiro atoms. The number of carbonyl (C=O) groups is 1. The molecular weight excluding hydrogens is 374 g/mol. The van der Waals surface area contributed by atoms with Gasteiger partial charge in [-0.2, -0.15) is 4.98 Å². The van der Waals surface area contributed by atoms with Crippen LogP contribution in [0.2, 0.25) is 5.02 Å². The lowest BCUT2D eigenvalue weighted by atomic mass is 10.3. The van der Waals surface area contributed by atoms with Gasteiger partial charge in [-0.05, 0) is 12.1 Å². The molecule has 0 saturated carbocycles. The molecule has 1 saturated heterocycles. The molecule has 1 fully saturated rings. The number of carbonyl (C=O) groups excluding carboxylic acids is 1. The lowest BCUT2D eigenvalue weighted by Gasteiger charge is -2.34. The molecule has 2 aromatic rings. The van der Waals surface area contributed by atoms with Crippen molar-refractivity contribution in [2.45, 2.75) is 0 Å². The number of nitrogen functional groups attached to an aromatic ring is 1. The van der Waals surface area contributed by atoms with Crippen molar-refractivity contribution < 1.29 is 9.72 Å². The van der Waals surface area contributed by atoms with Gasteiger partial charge < -0.3 is 16.0 Å². The van der Waals surface area contributed by atoms with Crippen LogP contribution in [0.4, 0.5) is 23.1 Å². The van der Waals surface area contributed by atoms with Crippen molar-refractivity contribution in [1.29, 1.82) is 0 Å². The third kappa shape index (κ3) is 4.60. The Kier molecular flexibility index (Phi) is 5.67. The minimum atomic E-state index is -0.616. The SMILES string of the molecule is Nc1nc(N2CCN(CC(=O)Nc3ccccc3Cl)CC2)ncc1[N+](=O)[O-].